The van der Waals surface area contributed by atoms with E-state index in [0.29, 0.717) is 5.76 Å². The van der Waals surface area contributed by atoms with Crippen molar-refractivity contribution in [2.45, 2.75) is 65.8 Å². The molecule has 0 aliphatic rings. The first-order valence-corrected chi connectivity index (χ1v) is 13.3. The summed E-state index contributed by atoms with van der Waals surface area (Å²) in [5.74, 6) is -2.73. The van der Waals surface area contributed by atoms with Gasteiger partial charge in [-0.05, 0) is 64.3 Å². The predicted molar refractivity (Wildman–Crippen MR) is 149 cm³/mol. The molecule has 3 aromatic rings. The number of nitrogens with one attached hydrogen (secondary N) is 2. The van der Waals surface area contributed by atoms with E-state index in [-0.39, 0.29) is 55.2 Å². The maximum atomic E-state index is 14.5. The highest BCUT2D eigenvalue weighted by atomic mass is 19.1. The number of ketones is 2. The number of nitrogens with zero attached hydrogens (tertiary/aromatic N) is 1. The van der Waals surface area contributed by atoms with Crippen LogP contribution in [0.25, 0.3) is 11.1 Å². The number of benzene rings is 2. The molecular weight excluding hydrogens is 513 g/mol. The zero-order valence-corrected chi connectivity index (χ0v) is 23.6. The van der Waals surface area contributed by atoms with E-state index >= 15 is 0 Å². The number of hydrogen-bond donors (Lipinski definition) is 2. The molecule has 1 atom stereocenters. The predicted octanol–water partition coefficient (Wildman–Crippen LogP) is 5.37. The molecule has 0 aliphatic carbocycles. The summed E-state index contributed by atoms with van der Waals surface area (Å²) in [6.07, 6.45) is -0.149. The Morgan fingerprint density at radius 1 is 0.950 bits per heavy atom. The molecule has 1 aromatic heterocycles. The lowest BCUT2D eigenvalue weighted by Gasteiger charge is -2.22. The van der Waals surface area contributed by atoms with Crippen LogP contribution in [0.2, 0.25) is 0 Å². The summed E-state index contributed by atoms with van der Waals surface area (Å²) in [5.41, 5.74) is 2.26. The second-order valence-electron chi connectivity index (χ2n) is 11.0. The van der Waals surface area contributed by atoms with Crippen molar-refractivity contribution < 1.29 is 28.1 Å². The SMILES string of the molecule is Cc1cccc(-c2ccc(F)c(C(=O)CCCNC(=O)[C@H](CC(=O)NC(C)(C)C)CC(=O)c3cc(C)on3)c2)c1. The lowest BCUT2D eigenvalue weighted by molar-refractivity contribution is -0.130. The van der Waals surface area contributed by atoms with Crippen molar-refractivity contribution in [2.75, 3.05) is 6.54 Å². The summed E-state index contributed by atoms with van der Waals surface area (Å²) >= 11 is 0. The first-order valence-electron chi connectivity index (χ1n) is 13.3. The third-order valence-electron chi connectivity index (χ3n) is 6.16. The number of carbonyl (C=O) groups excluding carboxylic acids is 4. The third-order valence-corrected chi connectivity index (χ3v) is 6.16. The van der Waals surface area contributed by atoms with Crippen molar-refractivity contribution in [3.05, 3.63) is 76.9 Å². The molecule has 3 rings (SSSR count). The van der Waals surface area contributed by atoms with E-state index in [1.54, 1.807) is 19.1 Å². The first kappa shape index (κ1) is 30.4. The van der Waals surface area contributed by atoms with Gasteiger partial charge in [0.1, 0.15) is 17.3 Å². The minimum Gasteiger partial charge on any atom is -0.361 e. The quantitative estimate of drug-likeness (QED) is 0.232. The zero-order chi connectivity index (χ0) is 29.4. The molecule has 0 bridgehead atoms. The van der Waals surface area contributed by atoms with Crippen molar-refractivity contribution in [2.24, 2.45) is 5.92 Å². The fourth-order valence-electron chi connectivity index (χ4n) is 4.26. The van der Waals surface area contributed by atoms with Gasteiger partial charge in [-0.2, -0.15) is 0 Å². The maximum Gasteiger partial charge on any atom is 0.224 e. The number of aryl methyl sites for hydroxylation is 2. The summed E-state index contributed by atoms with van der Waals surface area (Å²) in [4.78, 5) is 51.0. The van der Waals surface area contributed by atoms with E-state index in [9.17, 15) is 23.6 Å². The van der Waals surface area contributed by atoms with Gasteiger partial charge in [0, 0.05) is 37.4 Å². The molecule has 0 spiro atoms. The van der Waals surface area contributed by atoms with Crippen LogP contribution in [0.15, 0.2) is 53.1 Å². The number of halogens is 1. The Labute approximate surface area is 233 Å². The van der Waals surface area contributed by atoms with E-state index in [0.717, 1.165) is 16.7 Å². The van der Waals surface area contributed by atoms with Gasteiger partial charge in [-0.25, -0.2) is 4.39 Å². The fraction of sp³-hybridized carbons (Fsp3) is 0.387. The minimum atomic E-state index is -0.939. The molecule has 2 amide bonds. The second kappa shape index (κ2) is 13.3. The first-order chi connectivity index (χ1) is 18.8. The van der Waals surface area contributed by atoms with E-state index < -0.39 is 29.0 Å². The Bertz CT molecular complexity index is 1390. The van der Waals surface area contributed by atoms with Gasteiger partial charge in [0.2, 0.25) is 11.8 Å². The van der Waals surface area contributed by atoms with Crippen LogP contribution in [0.5, 0.6) is 0 Å². The molecule has 0 unspecified atom stereocenters. The monoisotopic (exact) mass is 549 g/mol. The number of aromatic nitrogens is 1. The number of Topliss-reactive ketones (excluding diaryl/α,β-unsaturated/α-hetero) is 2. The van der Waals surface area contributed by atoms with Crippen molar-refractivity contribution in [3.63, 3.8) is 0 Å². The van der Waals surface area contributed by atoms with Gasteiger partial charge in [-0.3, -0.25) is 19.2 Å². The number of amides is 2. The van der Waals surface area contributed by atoms with E-state index in [1.807, 2.05) is 52.0 Å². The zero-order valence-electron chi connectivity index (χ0n) is 23.6. The highest BCUT2D eigenvalue weighted by molar-refractivity contribution is 5.99. The largest absolute Gasteiger partial charge is 0.361 e. The van der Waals surface area contributed by atoms with Crippen molar-refractivity contribution in [1.82, 2.24) is 15.8 Å². The molecule has 0 fully saturated rings. The molecule has 2 aromatic carbocycles. The number of rotatable bonds is 12. The highest BCUT2D eigenvalue weighted by Crippen LogP contribution is 2.24. The van der Waals surface area contributed by atoms with Gasteiger partial charge in [-0.1, -0.05) is 41.1 Å². The van der Waals surface area contributed by atoms with Gasteiger partial charge in [-0.15, -0.1) is 0 Å². The normalized spacial score (nSPS) is 12.1. The van der Waals surface area contributed by atoms with Gasteiger partial charge in [0.05, 0.1) is 11.5 Å². The van der Waals surface area contributed by atoms with Crippen LogP contribution in [0, 0.1) is 25.6 Å². The van der Waals surface area contributed by atoms with E-state index in [2.05, 4.69) is 15.8 Å². The molecule has 0 saturated carbocycles. The molecule has 0 saturated heterocycles. The van der Waals surface area contributed by atoms with Crippen LogP contribution in [-0.4, -0.2) is 40.6 Å². The maximum absolute atomic E-state index is 14.5. The summed E-state index contributed by atoms with van der Waals surface area (Å²) in [7, 11) is 0. The molecule has 0 aliphatic heterocycles. The molecule has 9 heteroatoms. The Morgan fingerprint density at radius 2 is 1.68 bits per heavy atom. The molecule has 2 N–H and O–H groups in total. The van der Waals surface area contributed by atoms with Gasteiger partial charge in [0.25, 0.3) is 0 Å². The molecule has 212 valence electrons. The fourth-order valence-corrected chi connectivity index (χ4v) is 4.26. The van der Waals surface area contributed by atoms with Crippen molar-refractivity contribution in [1.29, 1.82) is 0 Å². The lowest BCUT2D eigenvalue weighted by atomic mass is 9.95. The van der Waals surface area contributed by atoms with Crippen LogP contribution in [0.1, 0.15) is 78.6 Å². The minimum absolute atomic E-state index is 0.00411. The van der Waals surface area contributed by atoms with Crippen molar-refractivity contribution >= 4 is 23.4 Å². The van der Waals surface area contributed by atoms with Crippen LogP contribution in [0.3, 0.4) is 0 Å². The average Bonchev–Trinajstić information content (AvgIpc) is 3.31. The number of hydrogen-bond acceptors (Lipinski definition) is 6. The molecular formula is C31H36FN3O5. The van der Waals surface area contributed by atoms with Crippen molar-refractivity contribution in [3.8, 4) is 11.1 Å². The summed E-state index contributed by atoms with van der Waals surface area (Å²) in [6, 6.07) is 13.7. The van der Waals surface area contributed by atoms with Crippen LogP contribution in [-0.2, 0) is 9.59 Å². The molecule has 40 heavy (non-hydrogen) atoms. The smallest absolute Gasteiger partial charge is 0.224 e. The molecule has 1 heterocycles. The molecule has 0 radical (unpaired) electrons. The van der Waals surface area contributed by atoms with Crippen LogP contribution in [0.4, 0.5) is 4.39 Å². The topological polar surface area (TPSA) is 118 Å². The van der Waals surface area contributed by atoms with E-state index in [4.69, 9.17) is 4.52 Å². The van der Waals surface area contributed by atoms with Gasteiger partial charge < -0.3 is 15.2 Å². The standard InChI is InChI=1S/C31H36FN3O5/c1-19-8-6-9-21(14-19)22-11-12-25(32)24(16-22)27(36)10-7-13-33-30(39)23(18-29(38)34-31(3,4)5)17-28(37)26-15-20(2)40-35-26/h6,8-9,11-12,14-16,23H,7,10,13,17-18H2,1-5H3,(H,33,39)(H,34,38)/t23-/m0/s1. The Morgan fingerprint density at radius 3 is 2.33 bits per heavy atom. The lowest BCUT2D eigenvalue weighted by Crippen LogP contribution is -2.43. The van der Waals surface area contributed by atoms with Crippen LogP contribution >= 0.6 is 0 Å². The summed E-state index contributed by atoms with van der Waals surface area (Å²) < 4.78 is 19.4. The number of carbonyl (C=O) groups is 4. The van der Waals surface area contributed by atoms with Crippen LogP contribution < -0.4 is 10.6 Å². The Kier molecular flexibility index (Phi) is 10.1. The summed E-state index contributed by atoms with van der Waals surface area (Å²) in [5, 5.41) is 9.22. The second-order valence-corrected chi connectivity index (χ2v) is 11.0. The highest BCUT2D eigenvalue weighted by Gasteiger charge is 2.28. The third kappa shape index (κ3) is 8.97. The summed E-state index contributed by atoms with van der Waals surface area (Å²) in [6.45, 7) is 9.19. The van der Waals surface area contributed by atoms with Gasteiger partial charge >= 0.3 is 0 Å². The van der Waals surface area contributed by atoms with Gasteiger partial charge in [0.15, 0.2) is 11.6 Å². The average molecular weight is 550 g/mol. The van der Waals surface area contributed by atoms with E-state index in [1.165, 1.54) is 12.1 Å². The Balaban J connectivity index is 1.60. The Hall–Kier alpha value is -4.14. The molecule has 8 nitrogen and oxygen atoms in total.